The van der Waals surface area contributed by atoms with Crippen molar-refractivity contribution in [2.45, 2.75) is 11.2 Å². The van der Waals surface area contributed by atoms with Crippen molar-refractivity contribution in [1.29, 1.82) is 0 Å². The highest BCUT2D eigenvalue weighted by Crippen LogP contribution is 2.01. The number of nitrogens with zero attached hydrogens (tertiary/aromatic N) is 1. The van der Waals surface area contributed by atoms with E-state index in [9.17, 15) is 4.39 Å². The van der Waals surface area contributed by atoms with Crippen molar-refractivity contribution in [3.05, 3.63) is 0 Å². The van der Waals surface area contributed by atoms with E-state index in [2.05, 4.69) is 4.99 Å². The summed E-state index contributed by atoms with van der Waals surface area (Å²) in [5.41, 5.74) is 5.00. The Labute approximate surface area is 55.1 Å². The third-order valence-electron chi connectivity index (χ3n) is 0.301. The van der Waals surface area contributed by atoms with Gasteiger partial charge >= 0.3 is 0 Å². The third kappa shape index (κ3) is 6.13. The van der Waals surface area contributed by atoms with Gasteiger partial charge in [0, 0.05) is 0 Å². The van der Waals surface area contributed by atoms with E-state index < -0.39 is 4.30 Å². The van der Waals surface area contributed by atoms with E-state index in [1.165, 1.54) is 22.6 Å². The van der Waals surface area contributed by atoms with Crippen molar-refractivity contribution < 1.29 is 4.39 Å². The average Bonchev–Trinajstić information content (AvgIpc) is 1.27. The fraction of sp³-hybridized carbons (Fsp3) is 0.667. The first-order valence-corrected chi connectivity index (χ1v) is 2.95. The molecule has 1 unspecified atom stereocenters. The summed E-state index contributed by atoms with van der Waals surface area (Å²) < 4.78 is 10.5. The van der Waals surface area contributed by atoms with Gasteiger partial charge in [0.15, 0.2) is 0 Å². The molecule has 42 valence electrons. The molecule has 2 N–H and O–H groups in total. The number of nitrogens with two attached hydrogens (primary N) is 1. The summed E-state index contributed by atoms with van der Waals surface area (Å²) in [4.78, 5) is 3.29. The molecule has 0 aliphatic rings. The second-order valence-electron chi connectivity index (χ2n) is 1.05. The predicted molar refractivity (Wildman–Crippen MR) is 36.2 cm³/mol. The van der Waals surface area contributed by atoms with Gasteiger partial charge in [0.25, 0.3) is 0 Å². The molecule has 4 heteroatoms. The van der Waals surface area contributed by atoms with Crippen molar-refractivity contribution in [2.75, 3.05) is 0 Å². The Morgan fingerprint density at radius 1 is 2.00 bits per heavy atom. The van der Waals surface area contributed by atoms with Crippen LogP contribution in [0.25, 0.3) is 0 Å². The van der Waals surface area contributed by atoms with E-state index in [1.807, 2.05) is 0 Å². The van der Waals surface area contributed by atoms with Crippen LogP contribution >= 0.6 is 22.6 Å². The first-order valence-electron chi connectivity index (χ1n) is 1.71. The average molecular weight is 216 g/mol. The molecule has 0 aromatic heterocycles. The van der Waals surface area contributed by atoms with Crippen molar-refractivity contribution in [3.63, 3.8) is 0 Å². The van der Waals surface area contributed by atoms with Crippen LogP contribution in [0.4, 0.5) is 4.39 Å². The monoisotopic (exact) mass is 216 g/mol. The molecule has 0 aromatic rings. The summed E-state index contributed by atoms with van der Waals surface area (Å²) in [6.45, 7) is 1.55. The van der Waals surface area contributed by atoms with E-state index in [0.29, 0.717) is 0 Å². The van der Waals surface area contributed by atoms with Gasteiger partial charge in [-0.3, -0.25) is 0 Å². The number of alkyl halides is 2. The Balaban J connectivity index is 3.45. The molecule has 0 rings (SSSR count). The summed E-state index contributed by atoms with van der Waals surface area (Å²) >= 11 is 1.52. The normalized spacial score (nSPS) is 16.7. The molecule has 2 nitrogen and oxygen atoms in total. The minimum absolute atomic E-state index is 0.280. The van der Waals surface area contributed by atoms with E-state index in [4.69, 9.17) is 5.73 Å². The molecule has 1 atom stereocenters. The SMILES string of the molecule is CC(N)=NC(F)I. The minimum atomic E-state index is -1.19. The molecular weight excluding hydrogens is 210 g/mol. The Morgan fingerprint density at radius 2 is 2.43 bits per heavy atom. The molecular formula is C3H6FIN2. The van der Waals surface area contributed by atoms with Crippen LogP contribution in [-0.4, -0.2) is 10.1 Å². The quantitative estimate of drug-likeness (QED) is 0.230. The van der Waals surface area contributed by atoms with E-state index in [-0.39, 0.29) is 5.84 Å². The van der Waals surface area contributed by atoms with Gasteiger partial charge in [-0.15, -0.1) is 0 Å². The standard InChI is InChI=1S/C3H6FIN2/c1-2(6)7-3(4)5/h3H,1H3,(H2,6,7). The lowest BCUT2D eigenvalue weighted by molar-refractivity contribution is 0.488. The third-order valence-corrected chi connectivity index (χ3v) is 0.580. The van der Waals surface area contributed by atoms with Crippen molar-refractivity contribution in [2.24, 2.45) is 10.7 Å². The van der Waals surface area contributed by atoms with Crippen LogP contribution in [0, 0.1) is 0 Å². The van der Waals surface area contributed by atoms with Gasteiger partial charge in [-0.25, -0.2) is 9.38 Å². The van der Waals surface area contributed by atoms with Gasteiger partial charge in [0.2, 0.25) is 4.30 Å². The predicted octanol–water partition coefficient (Wildman–Crippen LogP) is 1.05. The number of amidine groups is 1. The van der Waals surface area contributed by atoms with E-state index >= 15 is 0 Å². The smallest absolute Gasteiger partial charge is 0.241 e. The highest BCUT2D eigenvalue weighted by atomic mass is 127. The second-order valence-corrected chi connectivity index (χ2v) is 2.08. The number of rotatable bonds is 1. The van der Waals surface area contributed by atoms with E-state index in [0.717, 1.165) is 0 Å². The van der Waals surface area contributed by atoms with Crippen molar-refractivity contribution in [3.8, 4) is 0 Å². The first kappa shape index (κ1) is 7.13. The number of aliphatic imine (C=N–C) groups is 1. The van der Waals surface area contributed by atoms with Crippen molar-refractivity contribution in [1.82, 2.24) is 0 Å². The van der Waals surface area contributed by atoms with Gasteiger partial charge in [-0.1, -0.05) is 0 Å². The van der Waals surface area contributed by atoms with Crippen LogP contribution in [0.3, 0.4) is 0 Å². The lowest BCUT2D eigenvalue weighted by Crippen LogP contribution is -2.06. The minimum Gasteiger partial charge on any atom is -0.388 e. The van der Waals surface area contributed by atoms with Crippen molar-refractivity contribution >= 4 is 28.4 Å². The molecule has 0 aliphatic carbocycles. The van der Waals surface area contributed by atoms with Gasteiger partial charge in [0.05, 0.1) is 5.84 Å². The van der Waals surface area contributed by atoms with Crippen LogP contribution in [-0.2, 0) is 0 Å². The summed E-state index contributed by atoms with van der Waals surface area (Å²) in [5, 5.41) is 0. The maximum absolute atomic E-state index is 11.7. The summed E-state index contributed by atoms with van der Waals surface area (Å²) in [7, 11) is 0. The molecule has 0 aliphatic heterocycles. The van der Waals surface area contributed by atoms with Crippen LogP contribution in [0.15, 0.2) is 4.99 Å². The lowest BCUT2D eigenvalue weighted by Gasteiger charge is -1.88. The van der Waals surface area contributed by atoms with Crippen LogP contribution in [0.2, 0.25) is 0 Å². The molecule has 0 heterocycles. The van der Waals surface area contributed by atoms with Gasteiger partial charge in [-0.05, 0) is 29.5 Å². The maximum atomic E-state index is 11.7. The molecule has 0 fully saturated rings. The topological polar surface area (TPSA) is 38.4 Å². The number of hydrogen-bond acceptors (Lipinski definition) is 1. The maximum Gasteiger partial charge on any atom is 0.241 e. The van der Waals surface area contributed by atoms with Crippen LogP contribution in [0.1, 0.15) is 6.92 Å². The van der Waals surface area contributed by atoms with Gasteiger partial charge < -0.3 is 5.73 Å². The summed E-state index contributed by atoms with van der Waals surface area (Å²) in [5.74, 6) is 0.280. The van der Waals surface area contributed by atoms with Crippen LogP contribution < -0.4 is 5.73 Å². The Hall–Kier alpha value is 0.130. The molecule has 0 spiro atoms. The summed E-state index contributed by atoms with van der Waals surface area (Å²) in [6, 6.07) is 0. The molecule has 7 heavy (non-hydrogen) atoms. The van der Waals surface area contributed by atoms with Gasteiger partial charge in [0.1, 0.15) is 0 Å². The lowest BCUT2D eigenvalue weighted by atomic mass is 10.7. The van der Waals surface area contributed by atoms with Crippen LogP contribution in [0.5, 0.6) is 0 Å². The molecule has 0 aromatic carbocycles. The highest BCUT2D eigenvalue weighted by Gasteiger charge is 1.90. The Bertz CT molecular complexity index is 77.0. The molecule has 0 saturated carbocycles. The number of hydrogen-bond donors (Lipinski definition) is 1. The zero-order valence-corrected chi connectivity index (χ0v) is 6.02. The molecule has 0 radical (unpaired) electrons. The Kier molecular flexibility index (Phi) is 3.23. The second kappa shape index (κ2) is 3.17. The fourth-order valence-corrected chi connectivity index (χ4v) is 0.593. The zero-order chi connectivity index (χ0) is 5.86. The largest absolute Gasteiger partial charge is 0.388 e. The highest BCUT2D eigenvalue weighted by molar-refractivity contribution is 14.1. The van der Waals surface area contributed by atoms with Gasteiger partial charge in [-0.2, -0.15) is 0 Å². The molecule has 0 amide bonds. The fourth-order valence-electron chi connectivity index (χ4n) is 0.154. The Morgan fingerprint density at radius 3 is 2.43 bits per heavy atom. The first-order chi connectivity index (χ1) is 3.13. The molecule has 0 bridgehead atoms. The van der Waals surface area contributed by atoms with E-state index in [1.54, 1.807) is 6.92 Å². The summed E-state index contributed by atoms with van der Waals surface area (Å²) in [6.07, 6.45) is 0. The zero-order valence-electron chi connectivity index (χ0n) is 3.86. The molecule has 0 saturated heterocycles. The number of halogens is 2.